The first-order chi connectivity index (χ1) is 14.1. The number of aromatic amines is 1. The van der Waals surface area contributed by atoms with Crippen molar-refractivity contribution in [2.75, 3.05) is 25.4 Å². The molecule has 3 N–H and O–H groups in total. The molecule has 4 rings (SSSR count). The average molecular weight is 433 g/mol. The van der Waals surface area contributed by atoms with Gasteiger partial charge in [-0.05, 0) is 37.8 Å². The number of likely N-dealkylation sites (tertiary alicyclic amines) is 1. The first-order valence-electron chi connectivity index (χ1n) is 9.65. The zero-order chi connectivity index (χ0) is 21.9. The Bertz CT molecular complexity index is 837. The summed E-state index contributed by atoms with van der Waals surface area (Å²) >= 11 is 0. The highest BCUT2D eigenvalue weighted by molar-refractivity contribution is 5.63. The number of aromatic nitrogens is 3. The summed E-state index contributed by atoms with van der Waals surface area (Å²) in [4.78, 5) is 12.7. The molecule has 11 heteroatoms. The van der Waals surface area contributed by atoms with Gasteiger partial charge in [-0.3, -0.25) is 4.90 Å². The molecule has 1 unspecified atom stereocenters. The molecule has 0 radical (unpaired) electrons. The maximum atomic E-state index is 12.2. The topological polar surface area (TPSA) is 80.1 Å². The number of hydrogen-bond acceptors (Lipinski definition) is 5. The van der Waals surface area contributed by atoms with Crippen LogP contribution in [0.3, 0.4) is 0 Å². The molecule has 6 nitrogen and oxygen atoms in total. The number of nitrogens with zero attached hydrogens (tertiary/aromatic N) is 3. The van der Waals surface area contributed by atoms with Gasteiger partial charge in [0.05, 0.1) is 18.4 Å². The van der Waals surface area contributed by atoms with Gasteiger partial charge in [-0.25, -0.2) is 9.97 Å². The minimum Gasteiger partial charge on any atom is -0.431 e. The highest BCUT2D eigenvalue weighted by Gasteiger charge is 2.33. The number of rotatable bonds is 5. The molecule has 1 aliphatic carbocycles. The summed E-state index contributed by atoms with van der Waals surface area (Å²) in [6.45, 7) is -0.489. The highest BCUT2D eigenvalue weighted by atomic mass is 19.4. The molecule has 1 aliphatic heterocycles. The minimum absolute atomic E-state index is 0.0639. The number of ether oxygens (including phenoxy) is 1. The van der Waals surface area contributed by atoms with Crippen LogP contribution in [0.15, 0.2) is 18.5 Å². The third-order valence-corrected chi connectivity index (χ3v) is 4.88. The van der Waals surface area contributed by atoms with E-state index in [1.807, 2.05) is 6.92 Å². The van der Waals surface area contributed by atoms with Crippen LogP contribution in [-0.2, 0) is 0 Å². The largest absolute Gasteiger partial charge is 0.431 e. The Morgan fingerprint density at radius 1 is 1.23 bits per heavy atom. The molecule has 3 heterocycles. The van der Waals surface area contributed by atoms with Crippen molar-refractivity contribution < 1.29 is 26.7 Å². The number of alkyl halides is 5. The summed E-state index contributed by atoms with van der Waals surface area (Å²) in [6.07, 6.45) is 2.30. The van der Waals surface area contributed by atoms with E-state index < -0.39 is 19.3 Å². The van der Waals surface area contributed by atoms with E-state index in [1.165, 1.54) is 17.2 Å². The van der Waals surface area contributed by atoms with E-state index in [9.17, 15) is 22.0 Å². The standard InChI is InChI=1S/C12H12F2N4O.C7H12F3N/c13-12(14)19-9-3-7(4-16-10(9)15)8-5-17-11(18-8)6-1-2-6;1-6-2-3-11(4-6)5-7(8,9)10/h3-6,12H,1-2H2,(H2,15,16)(H,17,18);6H,2-5H2,1H3. The number of H-pyrrole nitrogens is 1. The summed E-state index contributed by atoms with van der Waals surface area (Å²) in [5, 5.41) is 0. The second-order valence-electron chi connectivity index (χ2n) is 7.69. The summed E-state index contributed by atoms with van der Waals surface area (Å²) in [6, 6.07) is 1.43. The van der Waals surface area contributed by atoms with Crippen LogP contribution in [-0.4, -0.2) is 52.3 Å². The molecule has 0 bridgehead atoms. The molecular formula is C19H24F5N5O. The van der Waals surface area contributed by atoms with Crippen LogP contribution >= 0.6 is 0 Å². The van der Waals surface area contributed by atoms with Crippen molar-refractivity contribution >= 4 is 5.82 Å². The van der Waals surface area contributed by atoms with Gasteiger partial charge in [-0.1, -0.05) is 6.92 Å². The van der Waals surface area contributed by atoms with Crippen LogP contribution in [0.5, 0.6) is 5.75 Å². The molecule has 2 aromatic heterocycles. The third-order valence-electron chi connectivity index (χ3n) is 4.88. The Balaban J connectivity index is 0.000000199. The number of hydrogen-bond donors (Lipinski definition) is 2. The first kappa shape index (κ1) is 22.3. The summed E-state index contributed by atoms with van der Waals surface area (Å²) in [5.74, 6) is 1.65. The number of halogens is 5. The van der Waals surface area contributed by atoms with Gasteiger partial charge in [-0.15, -0.1) is 0 Å². The van der Waals surface area contributed by atoms with Crippen LogP contribution in [0.4, 0.5) is 27.8 Å². The smallest absolute Gasteiger partial charge is 0.401 e. The molecule has 0 spiro atoms. The van der Waals surface area contributed by atoms with Crippen molar-refractivity contribution in [1.82, 2.24) is 19.9 Å². The fourth-order valence-corrected chi connectivity index (χ4v) is 3.26. The summed E-state index contributed by atoms with van der Waals surface area (Å²) < 4.78 is 64.2. The van der Waals surface area contributed by atoms with Crippen LogP contribution in [0.2, 0.25) is 0 Å². The molecule has 30 heavy (non-hydrogen) atoms. The van der Waals surface area contributed by atoms with Gasteiger partial charge < -0.3 is 15.5 Å². The lowest BCUT2D eigenvalue weighted by molar-refractivity contribution is -0.143. The third kappa shape index (κ3) is 6.54. The number of nitrogens with two attached hydrogens (primary N) is 1. The summed E-state index contributed by atoms with van der Waals surface area (Å²) in [7, 11) is 0. The number of nitrogens with one attached hydrogen (secondary N) is 1. The molecular weight excluding hydrogens is 409 g/mol. The molecule has 2 fully saturated rings. The Labute approximate surface area is 170 Å². The van der Waals surface area contributed by atoms with Crippen LogP contribution < -0.4 is 10.5 Å². The molecule has 2 aliphatic rings. The van der Waals surface area contributed by atoms with Crippen LogP contribution in [0, 0.1) is 5.92 Å². The molecule has 1 atom stereocenters. The maximum absolute atomic E-state index is 12.2. The maximum Gasteiger partial charge on any atom is 0.401 e. The molecule has 0 aromatic carbocycles. The van der Waals surface area contributed by atoms with Crippen LogP contribution in [0.25, 0.3) is 11.3 Å². The normalized spacial score (nSPS) is 19.6. The van der Waals surface area contributed by atoms with E-state index in [0.717, 1.165) is 25.1 Å². The van der Waals surface area contributed by atoms with E-state index >= 15 is 0 Å². The molecule has 1 saturated heterocycles. The van der Waals surface area contributed by atoms with Crippen LogP contribution in [0.1, 0.15) is 37.9 Å². The SMILES string of the molecule is CC1CCN(CC(F)(F)F)C1.Nc1ncc(-c2cnc(C3CC3)[nH]2)cc1OC(F)F. The van der Waals surface area contributed by atoms with Gasteiger partial charge in [0.25, 0.3) is 0 Å². The van der Waals surface area contributed by atoms with Crippen molar-refractivity contribution in [3.05, 3.63) is 24.3 Å². The first-order valence-corrected chi connectivity index (χ1v) is 9.65. The lowest BCUT2D eigenvalue weighted by Crippen LogP contribution is -2.32. The fourth-order valence-electron chi connectivity index (χ4n) is 3.26. The Hall–Kier alpha value is -2.43. The van der Waals surface area contributed by atoms with Crippen molar-refractivity contribution in [3.63, 3.8) is 0 Å². The van der Waals surface area contributed by atoms with Gasteiger partial charge in [-0.2, -0.15) is 22.0 Å². The predicted molar refractivity (Wildman–Crippen MR) is 101 cm³/mol. The second kappa shape index (κ2) is 9.15. The quantitative estimate of drug-likeness (QED) is 0.683. The Morgan fingerprint density at radius 3 is 2.53 bits per heavy atom. The van der Waals surface area contributed by atoms with Gasteiger partial charge in [0.2, 0.25) is 0 Å². The van der Waals surface area contributed by atoms with Gasteiger partial charge in [0.15, 0.2) is 11.6 Å². The minimum atomic E-state index is -4.02. The van der Waals surface area contributed by atoms with Crippen molar-refractivity contribution in [1.29, 1.82) is 0 Å². The van der Waals surface area contributed by atoms with Gasteiger partial charge in [0, 0.05) is 24.2 Å². The Morgan fingerprint density at radius 2 is 1.97 bits per heavy atom. The fraction of sp³-hybridized carbons (Fsp3) is 0.579. The lowest BCUT2D eigenvalue weighted by atomic mass is 10.2. The van der Waals surface area contributed by atoms with E-state index in [-0.39, 0.29) is 11.6 Å². The predicted octanol–water partition coefficient (Wildman–Crippen LogP) is 4.42. The van der Waals surface area contributed by atoms with E-state index in [2.05, 4.69) is 19.7 Å². The summed E-state index contributed by atoms with van der Waals surface area (Å²) in [5.41, 5.74) is 6.82. The molecule has 2 aromatic rings. The Kier molecular flexibility index (Phi) is 6.79. The van der Waals surface area contributed by atoms with E-state index in [0.29, 0.717) is 36.2 Å². The number of pyridine rings is 1. The van der Waals surface area contributed by atoms with Crippen molar-refractivity contribution in [3.8, 4) is 17.0 Å². The molecule has 166 valence electrons. The monoisotopic (exact) mass is 433 g/mol. The van der Waals surface area contributed by atoms with Crippen molar-refractivity contribution in [2.45, 2.75) is 44.9 Å². The van der Waals surface area contributed by atoms with Gasteiger partial charge >= 0.3 is 12.8 Å². The lowest BCUT2D eigenvalue weighted by Gasteiger charge is -2.16. The molecule has 0 amide bonds. The van der Waals surface area contributed by atoms with E-state index in [4.69, 9.17) is 5.73 Å². The average Bonchev–Trinajstić information content (AvgIpc) is 3.23. The number of nitrogen functional groups attached to an aromatic ring is 1. The van der Waals surface area contributed by atoms with E-state index in [1.54, 1.807) is 6.20 Å². The zero-order valence-corrected chi connectivity index (χ0v) is 16.4. The second-order valence-corrected chi connectivity index (χ2v) is 7.69. The molecule has 1 saturated carbocycles. The zero-order valence-electron chi connectivity index (χ0n) is 16.4. The number of anilines is 1. The van der Waals surface area contributed by atoms with Crippen molar-refractivity contribution in [2.24, 2.45) is 5.92 Å². The number of imidazole rings is 1. The highest BCUT2D eigenvalue weighted by Crippen LogP contribution is 2.39. The van der Waals surface area contributed by atoms with Gasteiger partial charge in [0.1, 0.15) is 5.82 Å².